The monoisotopic (exact) mass is 378 g/mol. The van der Waals surface area contributed by atoms with Gasteiger partial charge in [0, 0.05) is 17.3 Å². The first-order valence-corrected chi connectivity index (χ1v) is 8.92. The largest absolute Gasteiger partial charge is 0.494 e. The molecule has 0 fully saturated rings. The van der Waals surface area contributed by atoms with Crippen molar-refractivity contribution in [2.24, 2.45) is 0 Å². The number of hydrogen-bond acceptors (Lipinski definition) is 4. The van der Waals surface area contributed by atoms with Gasteiger partial charge in [0.25, 0.3) is 11.8 Å². The molecule has 0 saturated heterocycles. The van der Waals surface area contributed by atoms with Gasteiger partial charge >= 0.3 is 0 Å². The Morgan fingerprint density at radius 3 is 2.32 bits per heavy atom. The van der Waals surface area contributed by atoms with Gasteiger partial charge in [0.1, 0.15) is 5.75 Å². The van der Waals surface area contributed by atoms with Crippen molar-refractivity contribution in [3.8, 4) is 5.75 Å². The van der Waals surface area contributed by atoms with Crippen LogP contribution in [0.25, 0.3) is 0 Å². The summed E-state index contributed by atoms with van der Waals surface area (Å²) in [6.45, 7) is 4.21. The molecular weight excluding hydrogens is 356 g/mol. The molecule has 0 radical (unpaired) electrons. The molecule has 1 heterocycles. The number of methoxy groups -OCH3 is 1. The minimum atomic E-state index is -0.384. The molecule has 2 N–H and O–H groups in total. The van der Waals surface area contributed by atoms with E-state index in [0.717, 1.165) is 0 Å². The summed E-state index contributed by atoms with van der Waals surface area (Å²) in [7, 11) is 1.49. The topological polar surface area (TPSA) is 80.6 Å². The van der Waals surface area contributed by atoms with Crippen molar-refractivity contribution in [1.29, 1.82) is 0 Å². The minimum absolute atomic E-state index is 0.198. The smallest absolute Gasteiger partial charge is 0.291 e. The maximum absolute atomic E-state index is 12.5. The van der Waals surface area contributed by atoms with Crippen LogP contribution < -0.4 is 15.4 Å². The van der Waals surface area contributed by atoms with E-state index in [2.05, 4.69) is 24.5 Å². The molecule has 0 spiro atoms. The quantitative estimate of drug-likeness (QED) is 0.638. The van der Waals surface area contributed by atoms with E-state index in [-0.39, 0.29) is 17.6 Å². The molecule has 2 aromatic carbocycles. The lowest BCUT2D eigenvalue weighted by Crippen LogP contribution is -2.14. The van der Waals surface area contributed by atoms with Gasteiger partial charge in [-0.05, 0) is 47.9 Å². The van der Waals surface area contributed by atoms with Gasteiger partial charge in [0.15, 0.2) is 5.76 Å². The molecule has 1 aromatic heterocycles. The summed E-state index contributed by atoms with van der Waals surface area (Å²) in [4.78, 5) is 24.6. The first kappa shape index (κ1) is 19.2. The molecule has 2 amide bonds. The Bertz CT molecular complexity index is 961. The number of benzene rings is 2. The maximum atomic E-state index is 12.5. The Balaban J connectivity index is 1.72. The SMILES string of the molecule is COc1cc(NC(=O)c2ccc(C(C)C)cc2)ccc1NC(=O)c1ccco1. The van der Waals surface area contributed by atoms with E-state index >= 15 is 0 Å². The molecule has 0 aliphatic rings. The fourth-order valence-electron chi connectivity index (χ4n) is 2.69. The summed E-state index contributed by atoms with van der Waals surface area (Å²) in [5.41, 5.74) is 2.78. The van der Waals surface area contributed by atoms with E-state index < -0.39 is 0 Å². The number of furan rings is 1. The lowest BCUT2D eigenvalue weighted by molar-refractivity contribution is 0.0994. The highest BCUT2D eigenvalue weighted by atomic mass is 16.5. The van der Waals surface area contributed by atoms with Crippen molar-refractivity contribution in [1.82, 2.24) is 0 Å². The van der Waals surface area contributed by atoms with Gasteiger partial charge in [0.05, 0.1) is 19.1 Å². The van der Waals surface area contributed by atoms with E-state index in [1.807, 2.05) is 12.1 Å². The number of carbonyl (C=O) groups excluding carboxylic acids is 2. The molecule has 3 aromatic rings. The number of amides is 2. The summed E-state index contributed by atoms with van der Waals surface area (Å²) in [6.07, 6.45) is 1.43. The number of carbonyl (C=O) groups is 2. The first-order valence-electron chi connectivity index (χ1n) is 8.92. The van der Waals surface area contributed by atoms with Gasteiger partial charge in [-0.15, -0.1) is 0 Å². The van der Waals surface area contributed by atoms with Crippen LogP contribution in [-0.2, 0) is 0 Å². The average molecular weight is 378 g/mol. The second kappa shape index (κ2) is 8.43. The van der Waals surface area contributed by atoms with Crippen LogP contribution in [0.5, 0.6) is 5.75 Å². The summed E-state index contributed by atoms with van der Waals surface area (Å²) < 4.78 is 10.4. The molecule has 144 valence electrons. The molecule has 0 atom stereocenters. The van der Waals surface area contributed by atoms with E-state index in [1.54, 1.807) is 42.5 Å². The van der Waals surface area contributed by atoms with E-state index in [1.165, 1.54) is 18.9 Å². The Morgan fingerprint density at radius 1 is 0.964 bits per heavy atom. The molecule has 0 unspecified atom stereocenters. The van der Waals surface area contributed by atoms with Crippen molar-refractivity contribution in [3.05, 3.63) is 77.7 Å². The van der Waals surface area contributed by atoms with Gasteiger partial charge in [-0.2, -0.15) is 0 Å². The van der Waals surface area contributed by atoms with Crippen LogP contribution in [0.2, 0.25) is 0 Å². The van der Waals surface area contributed by atoms with Crippen molar-refractivity contribution < 1.29 is 18.7 Å². The Labute approximate surface area is 163 Å². The molecule has 28 heavy (non-hydrogen) atoms. The van der Waals surface area contributed by atoms with Crippen molar-refractivity contribution in [2.45, 2.75) is 19.8 Å². The van der Waals surface area contributed by atoms with Crippen LogP contribution in [0.4, 0.5) is 11.4 Å². The average Bonchev–Trinajstić information content (AvgIpc) is 3.24. The maximum Gasteiger partial charge on any atom is 0.291 e. The Hall–Kier alpha value is -3.54. The third-order valence-electron chi connectivity index (χ3n) is 4.29. The van der Waals surface area contributed by atoms with E-state index in [0.29, 0.717) is 28.6 Å². The summed E-state index contributed by atoms with van der Waals surface area (Å²) >= 11 is 0. The number of hydrogen-bond donors (Lipinski definition) is 2. The highest BCUT2D eigenvalue weighted by Crippen LogP contribution is 2.29. The van der Waals surface area contributed by atoms with Crippen molar-refractivity contribution in [2.75, 3.05) is 17.7 Å². The molecule has 0 saturated carbocycles. The molecule has 6 heteroatoms. The van der Waals surface area contributed by atoms with Crippen LogP contribution in [0.3, 0.4) is 0 Å². The second-order valence-electron chi connectivity index (χ2n) is 6.58. The molecule has 0 aliphatic heterocycles. The first-order chi connectivity index (χ1) is 13.5. The zero-order valence-corrected chi connectivity index (χ0v) is 16.0. The summed E-state index contributed by atoms with van der Waals surface area (Å²) in [5.74, 6) is 0.428. The fourth-order valence-corrected chi connectivity index (χ4v) is 2.69. The normalized spacial score (nSPS) is 10.6. The molecule has 0 bridgehead atoms. The van der Waals surface area contributed by atoms with E-state index in [9.17, 15) is 9.59 Å². The summed E-state index contributed by atoms with van der Waals surface area (Å²) in [6, 6.07) is 15.7. The molecule has 3 rings (SSSR count). The Kier molecular flexibility index (Phi) is 5.79. The zero-order chi connectivity index (χ0) is 20.1. The van der Waals surface area contributed by atoms with Crippen LogP contribution in [0.1, 0.15) is 46.2 Å². The number of anilines is 2. The van der Waals surface area contributed by atoms with Gasteiger partial charge in [-0.25, -0.2) is 0 Å². The summed E-state index contributed by atoms with van der Waals surface area (Å²) in [5, 5.41) is 5.56. The highest BCUT2D eigenvalue weighted by molar-refractivity contribution is 6.05. The molecule has 6 nitrogen and oxygen atoms in total. The number of ether oxygens (including phenoxy) is 1. The van der Waals surface area contributed by atoms with Gasteiger partial charge in [0.2, 0.25) is 0 Å². The second-order valence-corrected chi connectivity index (χ2v) is 6.58. The fraction of sp³-hybridized carbons (Fsp3) is 0.182. The van der Waals surface area contributed by atoms with Gasteiger partial charge in [-0.1, -0.05) is 26.0 Å². The highest BCUT2D eigenvalue weighted by Gasteiger charge is 2.14. The van der Waals surface area contributed by atoms with Gasteiger partial charge in [-0.3, -0.25) is 9.59 Å². The van der Waals surface area contributed by atoms with Crippen LogP contribution in [0.15, 0.2) is 65.3 Å². The number of nitrogens with one attached hydrogen (secondary N) is 2. The molecular formula is C22H22N2O4. The van der Waals surface area contributed by atoms with Crippen molar-refractivity contribution in [3.63, 3.8) is 0 Å². The standard InChI is InChI=1S/C22H22N2O4/c1-14(2)15-6-8-16(9-7-15)21(25)23-17-10-11-18(20(13-17)27-3)24-22(26)19-5-4-12-28-19/h4-14H,1-3H3,(H,23,25)(H,24,26). The van der Waals surface area contributed by atoms with Crippen molar-refractivity contribution >= 4 is 23.2 Å². The van der Waals surface area contributed by atoms with E-state index in [4.69, 9.17) is 9.15 Å². The predicted molar refractivity (Wildman–Crippen MR) is 108 cm³/mol. The third kappa shape index (κ3) is 4.40. The lowest BCUT2D eigenvalue weighted by atomic mass is 10.0. The minimum Gasteiger partial charge on any atom is -0.494 e. The zero-order valence-electron chi connectivity index (χ0n) is 16.0. The number of rotatable bonds is 6. The van der Waals surface area contributed by atoms with Crippen LogP contribution >= 0.6 is 0 Å². The Morgan fingerprint density at radius 2 is 1.71 bits per heavy atom. The third-order valence-corrected chi connectivity index (χ3v) is 4.29. The molecule has 0 aliphatic carbocycles. The lowest BCUT2D eigenvalue weighted by Gasteiger charge is -2.12. The van der Waals surface area contributed by atoms with Crippen LogP contribution in [-0.4, -0.2) is 18.9 Å². The van der Waals surface area contributed by atoms with Crippen LogP contribution in [0, 0.1) is 0 Å². The predicted octanol–water partition coefficient (Wildman–Crippen LogP) is 4.92. The van der Waals surface area contributed by atoms with Gasteiger partial charge < -0.3 is 19.8 Å².